The number of aromatic nitrogens is 2. The van der Waals surface area contributed by atoms with Crippen LogP contribution in [0.15, 0.2) is 10.9 Å². The van der Waals surface area contributed by atoms with Crippen LogP contribution in [-0.2, 0) is 0 Å². The molecule has 40 valence electrons. The fraction of sp³-hybridized carbons (Fsp3) is 0. The summed E-state index contributed by atoms with van der Waals surface area (Å²) in [7, 11) is 0. The zero-order chi connectivity index (χ0) is 5.98. The van der Waals surface area contributed by atoms with Gasteiger partial charge in [-0.1, -0.05) is 0 Å². The van der Waals surface area contributed by atoms with Crippen LogP contribution in [0.2, 0.25) is 0 Å². The molecule has 4 heteroatoms. The Morgan fingerprint density at radius 3 is 2.62 bits per heavy atom. The lowest BCUT2D eigenvalue weighted by atomic mass is 10.5. The number of hydrogen-bond acceptors (Lipinski definition) is 2. The molecule has 1 rings (SSSR count). The molecule has 0 aliphatic carbocycles. The summed E-state index contributed by atoms with van der Waals surface area (Å²) >= 11 is 0. The van der Waals surface area contributed by atoms with Gasteiger partial charge in [-0.25, -0.2) is 0 Å². The predicted octanol–water partition coefficient (Wildman–Crippen LogP) is -0.425. The van der Waals surface area contributed by atoms with Gasteiger partial charge in [-0.3, -0.25) is 15.0 Å². The van der Waals surface area contributed by atoms with E-state index in [1.165, 1.54) is 6.07 Å². The van der Waals surface area contributed by atoms with Crippen LogP contribution in [0, 0.1) is 11.3 Å². The van der Waals surface area contributed by atoms with Crippen LogP contribution in [0.3, 0.4) is 0 Å². The van der Waals surface area contributed by atoms with Crippen LogP contribution < -0.4 is 5.56 Å². The summed E-state index contributed by atoms with van der Waals surface area (Å²) in [5.74, 6) is 0. The summed E-state index contributed by atoms with van der Waals surface area (Å²) in [5, 5.41) is 12.7. The van der Waals surface area contributed by atoms with E-state index >= 15 is 0 Å². The van der Waals surface area contributed by atoms with E-state index in [0.29, 0.717) is 0 Å². The monoisotopic (exact) mass is 109 g/mol. The molecule has 0 saturated heterocycles. The van der Waals surface area contributed by atoms with Crippen molar-refractivity contribution in [3.05, 3.63) is 22.1 Å². The lowest BCUT2D eigenvalue weighted by Gasteiger charge is -1.66. The highest BCUT2D eigenvalue weighted by atomic mass is 16.1. The van der Waals surface area contributed by atoms with Crippen molar-refractivity contribution in [1.29, 1.82) is 5.26 Å². The van der Waals surface area contributed by atoms with Gasteiger partial charge < -0.3 is 0 Å². The average Bonchev–Trinajstić information content (AvgIpc) is 2.14. The smallest absolute Gasteiger partial charge is 0.265 e. The minimum atomic E-state index is -0.276. The Morgan fingerprint density at radius 2 is 2.38 bits per heavy atom. The van der Waals surface area contributed by atoms with Crippen molar-refractivity contribution in [2.45, 2.75) is 0 Å². The maximum Gasteiger partial charge on any atom is 0.265 e. The SMILES string of the molecule is N#Cc1cc(=O)[nH][nH]1. The number of rotatable bonds is 0. The number of hydrogen-bond donors (Lipinski definition) is 2. The number of nitrogens with one attached hydrogen (secondary N) is 2. The highest BCUT2D eigenvalue weighted by molar-refractivity contribution is 5.15. The molecule has 0 atom stereocenters. The molecule has 0 saturated carbocycles. The van der Waals surface area contributed by atoms with Crippen LogP contribution in [0.5, 0.6) is 0 Å². The molecular formula is C4H3N3O. The zero-order valence-corrected chi connectivity index (χ0v) is 3.93. The Balaban J connectivity index is 3.25. The zero-order valence-electron chi connectivity index (χ0n) is 3.93. The highest BCUT2D eigenvalue weighted by Gasteiger charge is 1.88. The minimum absolute atomic E-state index is 0.259. The van der Waals surface area contributed by atoms with Gasteiger partial charge in [0, 0.05) is 6.07 Å². The van der Waals surface area contributed by atoms with Gasteiger partial charge >= 0.3 is 0 Å². The molecule has 0 unspecified atom stereocenters. The maximum atomic E-state index is 10.2. The maximum absolute atomic E-state index is 10.2. The van der Waals surface area contributed by atoms with Crippen molar-refractivity contribution in [3.8, 4) is 6.07 Å². The number of nitriles is 1. The molecular weight excluding hydrogens is 106 g/mol. The molecule has 0 amide bonds. The van der Waals surface area contributed by atoms with Crippen LogP contribution in [0.25, 0.3) is 0 Å². The van der Waals surface area contributed by atoms with E-state index in [4.69, 9.17) is 5.26 Å². The van der Waals surface area contributed by atoms with Crippen molar-refractivity contribution in [2.75, 3.05) is 0 Å². The number of nitrogens with zero attached hydrogens (tertiary/aromatic N) is 1. The third-order valence-corrected chi connectivity index (χ3v) is 0.716. The van der Waals surface area contributed by atoms with Gasteiger partial charge in [-0.15, -0.1) is 0 Å². The first-order chi connectivity index (χ1) is 3.83. The molecule has 2 N–H and O–H groups in total. The highest BCUT2D eigenvalue weighted by Crippen LogP contribution is 1.77. The van der Waals surface area contributed by atoms with E-state index < -0.39 is 0 Å². The summed E-state index contributed by atoms with van der Waals surface area (Å²) in [4.78, 5) is 10.2. The van der Waals surface area contributed by atoms with E-state index in [1.807, 2.05) is 0 Å². The summed E-state index contributed by atoms with van der Waals surface area (Å²) in [6.07, 6.45) is 0. The fourth-order valence-corrected chi connectivity index (χ4v) is 0.392. The Hall–Kier alpha value is -1.50. The van der Waals surface area contributed by atoms with Crippen molar-refractivity contribution in [3.63, 3.8) is 0 Å². The molecule has 0 radical (unpaired) electrons. The van der Waals surface area contributed by atoms with Gasteiger partial charge in [0.05, 0.1) is 0 Å². The summed E-state index contributed by atoms with van der Waals surface area (Å²) in [6, 6.07) is 2.96. The van der Waals surface area contributed by atoms with Crippen LogP contribution in [-0.4, -0.2) is 10.2 Å². The van der Waals surface area contributed by atoms with Crippen molar-refractivity contribution in [1.82, 2.24) is 10.2 Å². The quantitative estimate of drug-likeness (QED) is 0.474. The molecule has 1 aromatic heterocycles. The van der Waals surface area contributed by atoms with Crippen LogP contribution in [0.1, 0.15) is 5.69 Å². The summed E-state index contributed by atoms with van der Waals surface area (Å²) in [6.45, 7) is 0. The van der Waals surface area contributed by atoms with E-state index in [-0.39, 0.29) is 11.3 Å². The summed E-state index contributed by atoms with van der Waals surface area (Å²) < 4.78 is 0. The molecule has 1 aromatic rings. The number of H-pyrrole nitrogens is 2. The van der Waals surface area contributed by atoms with Crippen molar-refractivity contribution >= 4 is 0 Å². The van der Waals surface area contributed by atoms with Gasteiger partial charge in [0.15, 0.2) is 0 Å². The van der Waals surface area contributed by atoms with Crippen molar-refractivity contribution in [2.24, 2.45) is 0 Å². The van der Waals surface area contributed by atoms with E-state index in [0.717, 1.165) is 0 Å². The average molecular weight is 109 g/mol. The Labute approximate surface area is 44.7 Å². The molecule has 0 aliphatic rings. The van der Waals surface area contributed by atoms with Crippen LogP contribution >= 0.6 is 0 Å². The second-order valence-electron chi connectivity index (χ2n) is 1.28. The van der Waals surface area contributed by atoms with Gasteiger partial charge in [-0.2, -0.15) is 5.26 Å². The van der Waals surface area contributed by atoms with Crippen LogP contribution in [0.4, 0.5) is 0 Å². The third kappa shape index (κ3) is 0.611. The molecule has 4 nitrogen and oxygen atoms in total. The van der Waals surface area contributed by atoms with E-state index in [9.17, 15) is 4.79 Å². The van der Waals surface area contributed by atoms with E-state index in [1.54, 1.807) is 6.07 Å². The second kappa shape index (κ2) is 1.54. The topological polar surface area (TPSA) is 72.4 Å². The van der Waals surface area contributed by atoms with Crippen molar-refractivity contribution < 1.29 is 0 Å². The van der Waals surface area contributed by atoms with Gasteiger partial charge in [-0.05, 0) is 0 Å². The predicted molar refractivity (Wildman–Crippen MR) is 26.1 cm³/mol. The molecule has 0 spiro atoms. The lowest BCUT2D eigenvalue weighted by Crippen LogP contribution is -1.93. The number of aromatic amines is 2. The largest absolute Gasteiger partial charge is 0.288 e. The normalized spacial score (nSPS) is 8.38. The molecule has 8 heavy (non-hydrogen) atoms. The molecule has 1 heterocycles. The first-order valence-corrected chi connectivity index (χ1v) is 2.01. The molecule has 0 fully saturated rings. The Morgan fingerprint density at radius 1 is 1.62 bits per heavy atom. The molecule has 0 bridgehead atoms. The van der Waals surface area contributed by atoms with Gasteiger partial charge in [0.2, 0.25) is 0 Å². The lowest BCUT2D eigenvalue weighted by molar-refractivity contribution is 1.04. The minimum Gasteiger partial charge on any atom is -0.288 e. The van der Waals surface area contributed by atoms with E-state index in [2.05, 4.69) is 10.2 Å². The molecule has 0 aliphatic heterocycles. The first kappa shape index (κ1) is 4.65. The van der Waals surface area contributed by atoms with Gasteiger partial charge in [0.1, 0.15) is 11.8 Å². The fourth-order valence-electron chi connectivity index (χ4n) is 0.392. The molecule has 0 aromatic carbocycles. The third-order valence-electron chi connectivity index (χ3n) is 0.716. The standard InChI is InChI=1S/C4H3N3O/c5-2-3-1-4(8)7-6-3/h1H,(H2,6,7,8). The van der Waals surface area contributed by atoms with Gasteiger partial charge in [0.25, 0.3) is 5.56 Å². The summed E-state index contributed by atoms with van der Waals surface area (Å²) in [5.41, 5.74) is -0.0171. The Kier molecular flexibility index (Phi) is 0.897. The Bertz CT molecular complexity index is 263. The second-order valence-corrected chi connectivity index (χ2v) is 1.28. The first-order valence-electron chi connectivity index (χ1n) is 2.01.